The summed E-state index contributed by atoms with van der Waals surface area (Å²) in [5.74, 6) is 0.805. The fourth-order valence-electron chi connectivity index (χ4n) is 2.91. The molecule has 1 fully saturated rings. The van der Waals surface area contributed by atoms with E-state index >= 15 is 0 Å². The van der Waals surface area contributed by atoms with Crippen molar-refractivity contribution in [2.24, 2.45) is 0 Å². The van der Waals surface area contributed by atoms with Gasteiger partial charge in [0, 0.05) is 31.1 Å². The molecule has 0 radical (unpaired) electrons. The highest BCUT2D eigenvalue weighted by Gasteiger charge is 2.27. The Labute approximate surface area is 183 Å². The number of nitrogens with one attached hydrogen (secondary N) is 1. The largest absolute Gasteiger partial charge is 0.494 e. The van der Waals surface area contributed by atoms with Gasteiger partial charge < -0.3 is 9.64 Å². The van der Waals surface area contributed by atoms with Gasteiger partial charge in [-0.1, -0.05) is 23.7 Å². The zero-order chi connectivity index (χ0) is 21.6. The molecule has 0 unspecified atom stereocenters. The highest BCUT2D eigenvalue weighted by Crippen LogP contribution is 2.22. The minimum Gasteiger partial charge on any atom is -0.494 e. The topological polar surface area (TPSA) is 75.7 Å². The number of aryl methyl sites for hydroxylation is 1. The van der Waals surface area contributed by atoms with Gasteiger partial charge in [0.25, 0.3) is 0 Å². The van der Waals surface area contributed by atoms with E-state index in [1.165, 1.54) is 0 Å². The van der Waals surface area contributed by atoms with E-state index in [1.807, 2.05) is 12.1 Å². The summed E-state index contributed by atoms with van der Waals surface area (Å²) in [5, 5.41) is 0.666. The molecule has 8 heteroatoms. The van der Waals surface area contributed by atoms with E-state index in [2.05, 4.69) is 4.72 Å². The van der Waals surface area contributed by atoms with Gasteiger partial charge in [0.1, 0.15) is 5.75 Å². The summed E-state index contributed by atoms with van der Waals surface area (Å²) < 4.78 is 32.7. The monoisotopic (exact) mass is 450 g/mol. The van der Waals surface area contributed by atoms with Crippen LogP contribution in [0.15, 0.2) is 53.4 Å². The maximum absolute atomic E-state index is 12.3. The smallest absolute Gasteiger partial charge is 0.240 e. The first-order valence-corrected chi connectivity index (χ1v) is 11.9. The summed E-state index contributed by atoms with van der Waals surface area (Å²) >= 11 is 5.84. The number of hydrogen-bond donors (Lipinski definition) is 1. The zero-order valence-electron chi connectivity index (χ0n) is 17.0. The summed E-state index contributed by atoms with van der Waals surface area (Å²) in [6.45, 7) is 1.13. The van der Waals surface area contributed by atoms with Gasteiger partial charge in [-0.3, -0.25) is 4.79 Å². The number of carbonyl (C=O) groups excluding carboxylic acids is 1. The highest BCUT2D eigenvalue weighted by molar-refractivity contribution is 7.89. The Morgan fingerprint density at radius 1 is 1.13 bits per heavy atom. The third kappa shape index (κ3) is 7.00. The van der Waals surface area contributed by atoms with Crippen molar-refractivity contribution in [2.75, 3.05) is 20.2 Å². The standard InChI is InChI=1S/C22H27ClN2O4S/c1-25(15-2-16-29-20-10-6-18(23)7-11-20)22(26)14-5-17-3-12-21(13-4-17)30(27,28)24-19-8-9-19/h3-4,6-7,10-13,19,24H,2,5,8-9,14-16H2,1H3. The third-order valence-electron chi connectivity index (χ3n) is 4.91. The van der Waals surface area contributed by atoms with Crippen LogP contribution in [0.3, 0.4) is 0 Å². The lowest BCUT2D eigenvalue weighted by Gasteiger charge is -2.17. The van der Waals surface area contributed by atoms with Crippen molar-refractivity contribution in [3.8, 4) is 5.75 Å². The molecule has 0 bridgehead atoms. The van der Waals surface area contributed by atoms with Gasteiger partial charge in [-0.15, -0.1) is 0 Å². The number of carbonyl (C=O) groups is 1. The Morgan fingerprint density at radius 2 is 1.80 bits per heavy atom. The maximum atomic E-state index is 12.3. The van der Waals surface area contributed by atoms with E-state index in [0.717, 1.165) is 30.6 Å². The molecule has 0 heterocycles. The second-order valence-corrected chi connectivity index (χ2v) is 9.66. The van der Waals surface area contributed by atoms with Crippen LogP contribution < -0.4 is 9.46 Å². The fraction of sp³-hybridized carbons (Fsp3) is 0.409. The van der Waals surface area contributed by atoms with Crippen LogP contribution in [0.1, 0.15) is 31.2 Å². The molecule has 0 atom stereocenters. The first kappa shape index (κ1) is 22.6. The van der Waals surface area contributed by atoms with Crippen LogP contribution in [-0.4, -0.2) is 45.5 Å². The molecule has 6 nitrogen and oxygen atoms in total. The molecular weight excluding hydrogens is 424 g/mol. The second kappa shape index (κ2) is 10.3. The van der Waals surface area contributed by atoms with Crippen LogP contribution in [0.2, 0.25) is 5.02 Å². The van der Waals surface area contributed by atoms with Crippen LogP contribution in [0.4, 0.5) is 0 Å². The first-order valence-electron chi connectivity index (χ1n) is 10.1. The number of halogens is 1. The van der Waals surface area contributed by atoms with E-state index in [9.17, 15) is 13.2 Å². The lowest BCUT2D eigenvalue weighted by atomic mass is 10.1. The van der Waals surface area contributed by atoms with Gasteiger partial charge in [-0.2, -0.15) is 0 Å². The third-order valence-corrected chi connectivity index (χ3v) is 6.69. The van der Waals surface area contributed by atoms with Crippen LogP contribution in [-0.2, 0) is 21.2 Å². The maximum Gasteiger partial charge on any atom is 0.240 e. The SMILES string of the molecule is CN(CCCOc1ccc(Cl)cc1)C(=O)CCc1ccc(S(=O)(=O)NC2CC2)cc1. The Balaban J connectivity index is 1.37. The van der Waals surface area contributed by atoms with E-state index < -0.39 is 10.0 Å². The van der Waals surface area contributed by atoms with Crippen LogP contribution >= 0.6 is 11.6 Å². The first-order chi connectivity index (χ1) is 14.3. The molecule has 2 aromatic rings. The summed E-state index contributed by atoms with van der Waals surface area (Å²) in [6.07, 6.45) is 3.48. The van der Waals surface area contributed by atoms with Crippen molar-refractivity contribution in [1.82, 2.24) is 9.62 Å². The molecular formula is C22H27ClN2O4S. The van der Waals surface area contributed by atoms with Gasteiger partial charge in [-0.05, 0) is 67.6 Å². The molecule has 1 N–H and O–H groups in total. The van der Waals surface area contributed by atoms with Crippen molar-refractivity contribution < 1.29 is 17.9 Å². The molecule has 3 rings (SSSR count). The second-order valence-electron chi connectivity index (χ2n) is 7.51. The number of nitrogens with zero attached hydrogens (tertiary/aromatic N) is 1. The van der Waals surface area contributed by atoms with Gasteiger partial charge in [0.05, 0.1) is 11.5 Å². The molecule has 1 aliphatic rings. The summed E-state index contributed by atoms with van der Waals surface area (Å²) in [5.41, 5.74) is 0.938. The van der Waals surface area contributed by atoms with Crippen molar-refractivity contribution in [2.45, 2.75) is 43.0 Å². The Bertz CT molecular complexity index is 942. The predicted octanol–water partition coefficient (Wildman–Crippen LogP) is 3.64. The average Bonchev–Trinajstić information content (AvgIpc) is 3.54. The van der Waals surface area contributed by atoms with Crippen molar-refractivity contribution in [3.05, 3.63) is 59.1 Å². The number of sulfonamides is 1. The van der Waals surface area contributed by atoms with Gasteiger partial charge in [-0.25, -0.2) is 13.1 Å². The zero-order valence-corrected chi connectivity index (χ0v) is 18.6. The van der Waals surface area contributed by atoms with Crippen molar-refractivity contribution in [1.29, 1.82) is 0 Å². The average molecular weight is 451 g/mol. The van der Waals surface area contributed by atoms with E-state index in [-0.39, 0.29) is 16.8 Å². The highest BCUT2D eigenvalue weighted by atomic mass is 35.5. The van der Waals surface area contributed by atoms with Crippen LogP contribution in [0, 0.1) is 0 Å². The molecule has 30 heavy (non-hydrogen) atoms. The number of rotatable bonds is 11. The Morgan fingerprint density at radius 3 is 2.43 bits per heavy atom. The molecule has 1 saturated carbocycles. The van der Waals surface area contributed by atoms with E-state index in [4.69, 9.17) is 16.3 Å². The lowest BCUT2D eigenvalue weighted by molar-refractivity contribution is -0.129. The Kier molecular flexibility index (Phi) is 7.75. The molecule has 162 valence electrons. The van der Waals surface area contributed by atoms with Gasteiger partial charge >= 0.3 is 0 Å². The molecule has 0 saturated heterocycles. The molecule has 0 aromatic heterocycles. The predicted molar refractivity (Wildman–Crippen MR) is 117 cm³/mol. The molecule has 2 aromatic carbocycles. The molecule has 1 aliphatic carbocycles. The quantitative estimate of drug-likeness (QED) is 0.530. The van der Waals surface area contributed by atoms with E-state index in [1.54, 1.807) is 48.3 Å². The summed E-state index contributed by atoms with van der Waals surface area (Å²) in [4.78, 5) is 14.3. The van der Waals surface area contributed by atoms with Crippen LogP contribution in [0.5, 0.6) is 5.75 Å². The minimum absolute atomic E-state index is 0.0496. The van der Waals surface area contributed by atoms with Crippen molar-refractivity contribution in [3.63, 3.8) is 0 Å². The van der Waals surface area contributed by atoms with Gasteiger partial charge in [0.2, 0.25) is 15.9 Å². The molecule has 0 aliphatic heterocycles. The number of hydrogen-bond acceptors (Lipinski definition) is 4. The number of ether oxygens (including phenoxy) is 1. The normalized spacial score (nSPS) is 13.8. The minimum atomic E-state index is -3.44. The van der Waals surface area contributed by atoms with Crippen LogP contribution in [0.25, 0.3) is 0 Å². The van der Waals surface area contributed by atoms with Crippen molar-refractivity contribution >= 4 is 27.5 Å². The number of amides is 1. The molecule has 0 spiro atoms. The Hall–Kier alpha value is -2.09. The summed E-state index contributed by atoms with van der Waals surface area (Å²) in [6, 6.07) is 14.0. The fourth-order valence-corrected chi connectivity index (χ4v) is 4.34. The number of benzene rings is 2. The lowest BCUT2D eigenvalue weighted by Crippen LogP contribution is -2.28. The summed E-state index contributed by atoms with van der Waals surface area (Å²) in [7, 11) is -1.66. The molecule has 1 amide bonds. The van der Waals surface area contributed by atoms with E-state index in [0.29, 0.717) is 31.0 Å². The van der Waals surface area contributed by atoms with Gasteiger partial charge in [0.15, 0.2) is 0 Å².